The lowest BCUT2D eigenvalue weighted by Crippen LogP contribution is -2.13. The van der Waals surface area contributed by atoms with Crippen LogP contribution < -0.4 is 20.5 Å². The number of amides is 1. The summed E-state index contributed by atoms with van der Waals surface area (Å²) < 4.78 is 10.5. The molecule has 1 aliphatic rings. The molecule has 1 aliphatic heterocycles. The molecule has 0 saturated heterocycles. The fourth-order valence-electron chi connectivity index (χ4n) is 1.80. The molecule has 1 unspecified atom stereocenters. The molecule has 8 heteroatoms. The van der Waals surface area contributed by atoms with Crippen molar-refractivity contribution in [1.82, 2.24) is 4.98 Å². The molecule has 6 nitrogen and oxygen atoms in total. The smallest absolute Gasteiger partial charge is 0.275 e. The van der Waals surface area contributed by atoms with E-state index in [1.165, 1.54) is 11.3 Å². The Kier molecular flexibility index (Phi) is 3.71. The number of nitrogens with zero attached hydrogens (tertiary/aromatic N) is 1. The van der Waals surface area contributed by atoms with Gasteiger partial charge in [0.15, 0.2) is 11.5 Å². The Morgan fingerprint density at radius 1 is 1.48 bits per heavy atom. The van der Waals surface area contributed by atoms with Gasteiger partial charge in [-0.05, 0) is 6.92 Å². The van der Waals surface area contributed by atoms with Gasteiger partial charge >= 0.3 is 0 Å². The molecule has 0 fully saturated rings. The van der Waals surface area contributed by atoms with Crippen molar-refractivity contribution in [3.05, 3.63) is 33.2 Å². The molecule has 0 bridgehead atoms. The molecule has 21 heavy (non-hydrogen) atoms. The van der Waals surface area contributed by atoms with Crippen LogP contribution in [0.25, 0.3) is 0 Å². The maximum absolute atomic E-state index is 12.2. The highest BCUT2D eigenvalue weighted by atomic mass is 35.5. The van der Waals surface area contributed by atoms with Crippen molar-refractivity contribution in [2.45, 2.75) is 13.0 Å². The van der Waals surface area contributed by atoms with Crippen LogP contribution in [-0.4, -0.2) is 17.7 Å². The van der Waals surface area contributed by atoms with Gasteiger partial charge in [-0.2, -0.15) is 0 Å². The molecular formula is C13H12ClN3O3S. The quantitative estimate of drug-likeness (QED) is 0.906. The van der Waals surface area contributed by atoms with Crippen LogP contribution in [0.3, 0.4) is 0 Å². The number of hydrogen-bond acceptors (Lipinski definition) is 6. The number of nitrogens with one attached hydrogen (secondary N) is 1. The Balaban J connectivity index is 1.81. The minimum atomic E-state index is -0.348. The van der Waals surface area contributed by atoms with Gasteiger partial charge in [0.1, 0.15) is 10.7 Å². The Bertz CT molecular complexity index is 702. The zero-order valence-electron chi connectivity index (χ0n) is 11.1. The summed E-state index contributed by atoms with van der Waals surface area (Å²) in [4.78, 5) is 16.4. The van der Waals surface area contributed by atoms with Crippen LogP contribution in [0.4, 0.5) is 5.69 Å². The van der Waals surface area contributed by atoms with Crippen molar-refractivity contribution >= 4 is 34.5 Å². The van der Waals surface area contributed by atoms with E-state index < -0.39 is 0 Å². The van der Waals surface area contributed by atoms with Gasteiger partial charge in [0.2, 0.25) is 6.79 Å². The molecule has 0 spiro atoms. The van der Waals surface area contributed by atoms with Gasteiger partial charge in [0, 0.05) is 17.5 Å². The van der Waals surface area contributed by atoms with Crippen molar-refractivity contribution in [2.75, 3.05) is 12.1 Å². The number of aromatic nitrogens is 1. The molecule has 0 aliphatic carbocycles. The fourth-order valence-corrected chi connectivity index (χ4v) is 2.76. The molecule has 1 aromatic heterocycles. The Morgan fingerprint density at radius 3 is 2.86 bits per heavy atom. The van der Waals surface area contributed by atoms with E-state index in [0.717, 1.165) is 0 Å². The van der Waals surface area contributed by atoms with Gasteiger partial charge < -0.3 is 20.5 Å². The van der Waals surface area contributed by atoms with Gasteiger partial charge in [0.05, 0.1) is 16.8 Å². The topological polar surface area (TPSA) is 86.5 Å². The predicted molar refractivity (Wildman–Crippen MR) is 80.2 cm³/mol. The van der Waals surface area contributed by atoms with Gasteiger partial charge in [-0.25, -0.2) is 4.98 Å². The van der Waals surface area contributed by atoms with E-state index in [4.69, 9.17) is 26.8 Å². The zero-order chi connectivity index (χ0) is 15.0. The number of fused-ring (bicyclic) bond motifs is 1. The molecule has 1 atom stereocenters. The second kappa shape index (κ2) is 5.51. The molecule has 1 aromatic carbocycles. The highest BCUT2D eigenvalue weighted by molar-refractivity contribution is 7.09. The third kappa shape index (κ3) is 2.80. The van der Waals surface area contributed by atoms with Gasteiger partial charge in [0.25, 0.3) is 5.91 Å². The minimum Gasteiger partial charge on any atom is -0.454 e. The van der Waals surface area contributed by atoms with Crippen LogP contribution in [0.2, 0.25) is 5.02 Å². The number of rotatable bonds is 3. The summed E-state index contributed by atoms with van der Waals surface area (Å²) in [5, 5.41) is 5.44. The van der Waals surface area contributed by atoms with Crippen LogP contribution in [0.15, 0.2) is 17.5 Å². The van der Waals surface area contributed by atoms with Crippen molar-refractivity contribution in [1.29, 1.82) is 0 Å². The van der Waals surface area contributed by atoms with Crippen molar-refractivity contribution in [3.8, 4) is 11.5 Å². The number of thiazole rings is 1. The molecule has 1 amide bonds. The summed E-state index contributed by atoms with van der Waals surface area (Å²) >= 11 is 7.45. The van der Waals surface area contributed by atoms with E-state index in [-0.39, 0.29) is 18.7 Å². The summed E-state index contributed by atoms with van der Waals surface area (Å²) in [6.45, 7) is 1.96. The summed E-state index contributed by atoms with van der Waals surface area (Å²) in [6.07, 6.45) is 0. The number of carbonyl (C=O) groups is 1. The van der Waals surface area contributed by atoms with E-state index in [9.17, 15) is 4.79 Å². The number of ether oxygens (including phenoxy) is 2. The van der Waals surface area contributed by atoms with E-state index >= 15 is 0 Å². The number of halogens is 1. The third-order valence-electron chi connectivity index (χ3n) is 2.85. The maximum Gasteiger partial charge on any atom is 0.275 e. The largest absolute Gasteiger partial charge is 0.454 e. The van der Waals surface area contributed by atoms with Crippen LogP contribution in [0, 0.1) is 0 Å². The first-order valence-electron chi connectivity index (χ1n) is 6.16. The van der Waals surface area contributed by atoms with Crippen LogP contribution in [0.5, 0.6) is 11.5 Å². The van der Waals surface area contributed by atoms with Crippen molar-refractivity contribution in [3.63, 3.8) is 0 Å². The first-order chi connectivity index (χ1) is 10.0. The summed E-state index contributed by atoms with van der Waals surface area (Å²) in [6, 6.07) is 3.03. The molecular weight excluding hydrogens is 314 g/mol. The normalized spacial score (nSPS) is 14.0. The van der Waals surface area contributed by atoms with Crippen LogP contribution >= 0.6 is 22.9 Å². The lowest BCUT2D eigenvalue weighted by Gasteiger charge is -2.07. The molecule has 0 radical (unpaired) electrons. The van der Waals surface area contributed by atoms with E-state index in [1.54, 1.807) is 17.5 Å². The molecule has 110 valence electrons. The molecule has 0 saturated carbocycles. The van der Waals surface area contributed by atoms with E-state index in [2.05, 4.69) is 10.3 Å². The number of benzene rings is 1. The second-order valence-electron chi connectivity index (χ2n) is 4.50. The average Bonchev–Trinajstić information content (AvgIpc) is 3.07. The summed E-state index contributed by atoms with van der Waals surface area (Å²) in [5.74, 6) is 0.758. The van der Waals surface area contributed by atoms with E-state index in [1.807, 2.05) is 6.92 Å². The molecule has 2 aromatic rings. The standard InChI is InChI=1S/C13H12ClN3O3S/c1-6(15)13-17-9(4-21-13)12(18)16-8-3-11-10(2-7(8)14)19-5-20-11/h2-4,6H,5,15H2,1H3,(H,16,18). The summed E-state index contributed by atoms with van der Waals surface area (Å²) in [5.41, 5.74) is 6.48. The highest BCUT2D eigenvalue weighted by Gasteiger charge is 2.19. The molecule has 3 N–H and O–H groups in total. The minimum absolute atomic E-state index is 0.146. The number of anilines is 1. The first-order valence-corrected chi connectivity index (χ1v) is 7.42. The first kappa shape index (κ1) is 14.1. The van der Waals surface area contributed by atoms with Gasteiger partial charge in [-0.15, -0.1) is 11.3 Å². The Morgan fingerprint density at radius 2 is 2.19 bits per heavy atom. The van der Waals surface area contributed by atoms with Crippen LogP contribution in [-0.2, 0) is 0 Å². The molecule has 3 rings (SSSR count). The average molecular weight is 326 g/mol. The second-order valence-corrected chi connectivity index (χ2v) is 5.80. The van der Waals surface area contributed by atoms with E-state index in [0.29, 0.717) is 32.9 Å². The fraction of sp³-hybridized carbons (Fsp3) is 0.231. The lowest BCUT2D eigenvalue weighted by molar-refractivity contribution is 0.102. The molecule has 2 heterocycles. The van der Waals surface area contributed by atoms with Crippen LogP contribution in [0.1, 0.15) is 28.5 Å². The van der Waals surface area contributed by atoms with Gasteiger partial charge in [-0.3, -0.25) is 4.79 Å². The highest BCUT2D eigenvalue weighted by Crippen LogP contribution is 2.39. The third-order valence-corrected chi connectivity index (χ3v) is 4.21. The number of carbonyl (C=O) groups excluding carboxylic acids is 1. The maximum atomic E-state index is 12.2. The Hall–Kier alpha value is -1.83. The summed E-state index contributed by atoms with van der Waals surface area (Å²) in [7, 11) is 0. The number of hydrogen-bond donors (Lipinski definition) is 2. The van der Waals surface area contributed by atoms with Crippen molar-refractivity contribution in [2.24, 2.45) is 5.73 Å². The van der Waals surface area contributed by atoms with Crippen molar-refractivity contribution < 1.29 is 14.3 Å². The zero-order valence-corrected chi connectivity index (χ0v) is 12.6. The SMILES string of the molecule is CC(N)c1nc(C(=O)Nc2cc3c(cc2Cl)OCO3)cs1. The van der Waals surface area contributed by atoms with Gasteiger partial charge in [-0.1, -0.05) is 11.6 Å². The lowest BCUT2D eigenvalue weighted by atomic mass is 10.2. The number of nitrogens with two attached hydrogens (primary N) is 1. The predicted octanol–water partition coefficient (Wildman–Crippen LogP) is 2.80. The monoisotopic (exact) mass is 325 g/mol. The Labute approximate surface area is 129 Å².